The van der Waals surface area contributed by atoms with Crippen LogP contribution in [0.4, 0.5) is 0 Å². The second-order valence-electron chi connectivity index (χ2n) is 3.02. The number of ether oxygens (including phenoxy) is 1. The van der Waals surface area contributed by atoms with Crippen molar-refractivity contribution < 1.29 is 14.3 Å². The van der Waals surface area contributed by atoms with Crippen LogP contribution in [-0.2, 0) is 9.53 Å². The predicted molar refractivity (Wildman–Crippen MR) is 57.5 cm³/mol. The molecule has 1 aromatic rings. The van der Waals surface area contributed by atoms with Crippen LogP contribution in [0.15, 0.2) is 30.3 Å². The van der Waals surface area contributed by atoms with Gasteiger partial charge in [-0.15, -0.1) is 0 Å². The van der Waals surface area contributed by atoms with Gasteiger partial charge in [-0.1, -0.05) is 24.3 Å². The highest BCUT2D eigenvalue weighted by Gasteiger charge is 2.08. The molecule has 78 valence electrons. The first-order chi connectivity index (χ1) is 7.15. The summed E-state index contributed by atoms with van der Waals surface area (Å²) in [7, 11) is 1.33. The van der Waals surface area contributed by atoms with E-state index in [1.165, 1.54) is 20.1 Å². The third-order valence-corrected chi connectivity index (χ3v) is 1.86. The zero-order valence-corrected chi connectivity index (χ0v) is 8.69. The van der Waals surface area contributed by atoms with E-state index >= 15 is 0 Å². The van der Waals surface area contributed by atoms with Gasteiger partial charge in [-0.25, -0.2) is 4.79 Å². The zero-order valence-electron chi connectivity index (χ0n) is 8.69. The van der Waals surface area contributed by atoms with E-state index in [0.29, 0.717) is 11.1 Å². The Bertz CT molecular complexity index is 405. The molecule has 0 N–H and O–H groups in total. The molecule has 0 aromatic heterocycles. The zero-order chi connectivity index (χ0) is 11.3. The summed E-state index contributed by atoms with van der Waals surface area (Å²) in [4.78, 5) is 22.1. The third-order valence-electron chi connectivity index (χ3n) is 1.86. The number of carbonyl (C=O) groups is 2. The quantitative estimate of drug-likeness (QED) is 0.559. The molecule has 0 radical (unpaired) electrons. The molecule has 0 fully saturated rings. The number of hydrogen-bond donors (Lipinski definition) is 0. The van der Waals surface area contributed by atoms with E-state index in [4.69, 9.17) is 0 Å². The molecule has 0 spiro atoms. The Morgan fingerprint density at radius 2 is 1.93 bits per heavy atom. The number of allylic oxidation sites excluding steroid dienone is 1. The maximum absolute atomic E-state index is 11.3. The molecule has 0 atom stereocenters. The highest BCUT2D eigenvalue weighted by Crippen LogP contribution is 2.11. The van der Waals surface area contributed by atoms with Gasteiger partial charge in [0.2, 0.25) is 0 Å². The van der Waals surface area contributed by atoms with E-state index in [1.54, 1.807) is 30.3 Å². The summed E-state index contributed by atoms with van der Waals surface area (Å²) in [6, 6.07) is 6.96. The van der Waals surface area contributed by atoms with Crippen molar-refractivity contribution in [3.63, 3.8) is 0 Å². The number of ketones is 1. The molecular weight excluding hydrogens is 192 g/mol. The SMILES string of the molecule is COC(=O)c1ccccc1/C=C/C(C)=O. The summed E-state index contributed by atoms with van der Waals surface area (Å²) in [5.74, 6) is -0.464. The first kappa shape index (κ1) is 11.2. The number of carbonyl (C=O) groups excluding carboxylic acids is 2. The van der Waals surface area contributed by atoms with Gasteiger partial charge in [0, 0.05) is 0 Å². The molecule has 0 amide bonds. The van der Waals surface area contributed by atoms with E-state index in [-0.39, 0.29) is 5.78 Å². The van der Waals surface area contributed by atoms with Gasteiger partial charge in [0.15, 0.2) is 5.78 Å². The average molecular weight is 204 g/mol. The fourth-order valence-corrected chi connectivity index (χ4v) is 1.15. The van der Waals surface area contributed by atoms with Crippen LogP contribution >= 0.6 is 0 Å². The topological polar surface area (TPSA) is 43.4 Å². The Hall–Kier alpha value is -1.90. The van der Waals surface area contributed by atoms with Gasteiger partial charge in [0.05, 0.1) is 12.7 Å². The molecule has 3 nitrogen and oxygen atoms in total. The highest BCUT2D eigenvalue weighted by atomic mass is 16.5. The largest absolute Gasteiger partial charge is 0.465 e. The Labute approximate surface area is 88.4 Å². The van der Waals surface area contributed by atoms with E-state index in [2.05, 4.69) is 4.74 Å². The lowest BCUT2D eigenvalue weighted by Crippen LogP contribution is -2.03. The van der Waals surface area contributed by atoms with Gasteiger partial charge in [-0.05, 0) is 24.6 Å². The van der Waals surface area contributed by atoms with Crippen LogP contribution in [0.2, 0.25) is 0 Å². The van der Waals surface area contributed by atoms with Gasteiger partial charge < -0.3 is 4.74 Å². The van der Waals surface area contributed by atoms with Crippen LogP contribution in [0, 0.1) is 0 Å². The van der Waals surface area contributed by atoms with Crippen molar-refractivity contribution in [2.24, 2.45) is 0 Å². The van der Waals surface area contributed by atoms with Gasteiger partial charge in [-0.2, -0.15) is 0 Å². The number of rotatable bonds is 3. The minimum absolute atomic E-state index is 0.0605. The fourth-order valence-electron chi connectivity index (χ4n) is 1.15. The molecule has 0 aliphatic heterocycles. The van der Waals surface area contributed by atoms with Crippen molar-refractivity contribution in [1.29, 1.82) is 0 Å². The fraction of sp³-hybridized carbons (Fsp3) is 0.167. The number of methoxy groups -OCH3 is 1. The standard InChI is InChI=1S/C12H12O3/c1-9(13)7-8-10-5-3-4-6-11(10)12(14)15-2/h3-8H,1-2H3/b8-7+. The normalized spacial score (nSPS) is 10.3. The molecular formula is C12H12O3. The van der Waals surface area contributed by atoms with E-state index in [1.807, 2.05) is 0 Å². The van der Waals surface area contributed by atoms with Gasteiger partial charge in [0.1, 0.15) is 0 Å². The second kappa shape index (κ2) is 5.10. The summed E-state index contributed by atoms with van der Waals surface area (Å²) in [5.41, 5.74) is 1.14. The van der Waals surface area contributed by atoms with E-state index in [0.717, 1.165) is 0 Å². The Morgan fingerprint density at radius 3 is 2.53 bits per heavy atom. The van der Waals surface area contributed by atoms with Crippen LogP contribution in [0.25, 0.3) is 6.08 Å². The maximum Gasteiger partial charge on any atom is 0.338 e. The molecule has 0 unspecified atom stereocenters. The van der Waals surface area contributed by atoms with Crippen molar-refractivity contribution in [2.75, 3.05) is 7.11 Å². The summed E-state index contributed by atoms with van der Waals surface area (Å²) in [5, 5.41) is 0. The Balaban J connectivity index is 3.06. The van der Waals surface area contributed by atoms with Gasteiger partial charge >= 0.3 is 5.97 Å². The molecule has 1 aromatic carbocycles. The van der Waals surface area contributed by atoms with Crippen LogP contribution in [0.5, 0.6) is 0 Å². The number of hydrogen-bond acceptors (Lipinski definition) is 3. The molecule has 0 saturated carbocycles. The molecule has 0 bridgehead atoms. The lowest BCUT2D eigenvalue weighted by molar-refractivity contribution is -0.112. The number of benzene rings is 1. The lowest BCUT2D eigenvalue weighted by atomic mass is 10.1. The molecule has 0 saturated heterocycles. The minimum atomic E-state index is -0.404. The average Bonchev–Trinajstić information content (AvgIpc) is 2.25. The van der Waals surface area contributed by atoms with E-state index < -0.39 is 5.97 Å². The van der Waals surface area contributed by atoms with Crippen LogP contribution in [0.3, 0.4) is 0 Å². The van der Waals surface area contributed by atoms with Gasteiger partial charge in [-0.3, -0.25) is 4.79 Å². The van der Waals surface area contributed by atoms with Gasteiger partial charge in [0.25, 0.3) is 0 Å². The maximum atomic E-state index is 11.3. The minimum Gasteiger partial charge on any atom is -0.465 e. The molecule has 15 heavy (non-hydrogen) atoms. The lowest BCUT2D eigenvalue weighted by Gasteiger charge is -2.02. The third kappa shape index (κ3) is 3.06. The van der Waals surface area contributed by atoms with Crippen molar-refractivity contribution in [3.05, 3.63) is 41.5 Å². The van der Waals surface area contributed by atoms with Crippen molar-refractivity contribution in [1.82, 2.24) is 0 Å². The molecule has 3 heteroatoms. The van der Waals surface area contributed by atoms with Crippen LogP contribution < -0.4 is 0 Å². The Kier molecular flexibility index (Phi) is 3.80. The van der Waals surface area contributed by atoms with Crippen LogP contribution in [0.1, 0.15) is 22.8 Å². The predicted octanol–water partition coefficient (Wildman–Crippen LogP) is 2.08. The highest BCUT2D eigenvalue weighted by molar-refractivity contribution is 5.97. The number of esters is 1. The molecule has 0 aliphatic rings. The van der Waals surface area contributed by atoms with Crippen molar-refractivity contribution in [2.45, 2.75) is 6.92 Å². The second-order valence-corrected chi connectivity index (χ2v) is 3.02. The smallest absolute Gasteiger partial charge is 0.338 e. The molecule has 0 heterocycles. The summed E-state index contributed by atoms with van der Waals surface area (Å²) >= 11 is 0. The van der Waals surface area contributed by atoms with Crippen molar-refractivity contribution in [3.8, 4) is 0 Å². The first-order valence-corrected chi connectivity index (χ1v) is 4.51. The Morgan fingerprint density at radius 1 is 1.27 bits per heavy atom. The van der Waals surface area contributed by atoms with Crippen molar-refractivity contribution >= 4 is 17.8 Å². The van der Waals surface area contributed by atoms with Crippen LogP contribution in [-0.4, -0.2) is 18.9 Å². The monoisotopic (exact) mass is 204 g/mol. The first-order valence-electron chi connectivity index (χ1n) is 4.51. The summed E-state index contributed by atoms with van der Waals surface area (Å²) in [6.07, 6.45) is 3.02. The molecule has 0 aliphatic carbocycles. The van der Waals surface area contributed by atoms with E-state index in [9.17, 15) is 9.59 Å². The summed E-state index contributed by atoms with van der Waals surface area (Å²) < 4.78 is 4.63. The summed E-state index contributed by atoms with van der Waals surface area (Å²) in [6.45, 7) is 1.46. The molecule has 1 rings (SSSR count).